The van der Waals surface area contributed by atoms with Crippen LogP contribution in [0.4, 0.5) is 0 Å². The normalized spacial score (nSPS) is 21.0. The van der Waals surface area contributed by atoms with Gasteiger partial charge in [-0.15, -0.1) is 0 Å². The first-order valence-corrected chi connectivity index (χ1v) is 8.51. The van der Waals surface area contributed by atoms with Crippen LogP contribution in [0, 0.1) is 0 Å². The Kier molecular flexibility index (Phi) is 5.54. The number of aromatic hydroxyl groups is 1. The fourth-order valence-electron chi connectivity index (χ4n) is 3.33. The van der Waals surface area contributed by atoms with Crippen molar-refractivity contribution in [1.29, 1.82) is 0 Å². The minimum atomic E-state index is 0.350. The Morgan fingerprint density at radius 2 is 1.61 bits per heavy atom. The van der Waals surface area contributed by atoms with Gasteiger partial charge in [0.05, 0.1) is 0 Å². The molecule has 1 aliphatic rings. The summed E-state index contributed by atoms with van der Waals surface area (Å²) in [6, 6.07) is 18.3. The van der Waals surface area contributed by atoms with E-state index in [1.165, 1.54) is 31.2 Å². The maximum Gasteiger partial charge on any atom is 0.119 e. The van der Waals surface area contributed by atoms with Crippen LogP contribution in [0.3, 0.4) is 0 Å². The maximum atomic E-state index is 9.38. The number of benzene rings is 2. The van der Waals surface area contributed by atoms with Gasteiger partial charge in [-0.05, 0) is 61.4 Å². The Balaban J connectivity index is 1.35. The lowest BCUT2D eigenvalue weighted by molar-refractivity contribution is 0.282. The highest BCUT2D eigenvalue weighted by Gasteiger charge is 2.21. The van der Waals surface area contributed by atoms with Crippen molar-refractivity contribution in [2.45, 2.75) is 37.6 Å². The van der Waals surface area contributed by atoms with Crippen LogP contribution in [-0.4, -0.2) is 24.3 Å². The zero-order chi connectivity index (χ0) is 15.9. The Morgan fingerprint density at radius 3 is 2.30 bits per heavy atom. The highest BCUT2D eigenvalue weighted by molar-refractivity contribution is 5.28. The molecule has 0 heterocycles. The van der Waals surface area contributed by atoms with Gasteiger partial charge in [-0.2, -0.15) is 0 Å². The summed E-state index contributed by atoms with van der Waals surface area (Å²) in [5.74, 6) is 1.92. The van der Waals surface area contributed by atoms with Crippen LogP contribution in [0.1, 0.15) is 37.2 Å². The van der Waals surface area contributed by atoms with Crippen molar-refractivity contribution in [1.82, 2.24) is 5.32 Å². The zero-order valence-electron chi connectivity index (χ0n) is 13.4. The van der Waals surface area contributed by atoms with Gasteiger partial charge in [-0.25, -0.2) is 0 Å². The van der Waals surface area contributed by atoms with Crippen molar-refractivity contribution < 1.29 is 9.84 Å². The van der Waals surface area contributed by atoms with E-state index in [9.17, 15) is 5.11 Å². The second kappa shape index (κ2) is 8.02. The summed E-state index contributed by atoms with van der Waals surface area (Å²) in [4.78, 5) is 0. The molecule has 0 aliphatic heterocycles. The topological polar surface area (TPSA) is 41.5 Å². The molecule has 0 saturated heterocycles. The van der Waals surface area contributed by atoms with Crippen molar-refractivity contribution in [3.05, 3.63) is 60.2 Å². The van der Waals surface area contributed by atoms with Crippen LogP contribution >= 0.6 is 0 Å². The molecule has 122 valence electrons. The second-order valence-corrected chi connectivity index (χ2v) is 6.26. The molecule has 1 aliphatic carbocycles. The van der Waals surface area contributed by atoms with E-state index in [1.54, 1.807) is 12.1 Å². The van der Waals surface area contributed by atoms with Gasteiger partial charge in [0, 0.05) is 12.6 Å². The third-order valence-corrected chi connectivity index (χ3v) is 4.64. The zero-order valence-corrected chi connectivity index (χ0v) is 13.4. The van der Waals surface area contributed by atoms with E-state index >= 15 is 0 Å². The number of phenols is 1. The molecule has 2 N–H and O–H groups in total. The average molecular weight is 311 g/mol. The van der Waals surface area contributed by atoms with E-state index < -0.39 is 0 Å². The number of phenolic OH excluding ortho intramolecular Hbond substituents is 1. The van der Waals surface area contributed by atoms with E-state index in [-0.39, 0.29) is 0 Å². The first-order chi connectivity index (χ1) is 11.3. The van der Waals surface area contributed by atoms with E-state index in [4.69, 9.17) is 4.74 Å². The van der Waals surface area contributed by atoms with Crippen LogP contribution in [0.25, 0.3) is 0 Å². The fourth-order valence-corrected chi connectivity index (χ4v) is 3.33. The molecule has 2 aromatic carbocycles. The van der Waals surface area contributed by atoms with Gasteiger partial charge in [0.25, 0.3) is 0 Å². The standard InChI is InChI=1S/C20H25NO2/c22-19-12-8-17(9-13-19)16-6-10-18(11-7-16)21-14-15-23-20-4-2-1-3-5-20/h1-5,8-9,12-13,16,18,21-22H,6-7,10-11,14-15H2/t16-,18+. The first-order valence-electron chi connectivity index (χ1n) is 8.51. The summed E-state index contributed by atoms with van der Waals surface area (Å²) < 4.78 is 5.71. The summed E-state index contributed by atoms with van der Waals surface area (Å²) in [5, 5.41) is 13.0. The molecule has 0 radical (unpaired) electrons. The van der Waals surface area contributed by atoms with Crippen molar-refractivity contribution in [3.8, 4) is 11.5 Å². The number of hydrogen-bond donors (Lipinski definition) is 2. The van der Waals surface area contributed by atoms with Gasteiger partial charge >= 0.3 is 0 Å². The van der Waals surface area contributed by atoms with Crippen LogP contribution in [0.5, 0.6) is 11.5 Å². The van der Waals surface area contributed by atoms with Crippen LogP contribution < -0.4 is 10.1 Å². The van der Waals surface area contributed by atoms with Crippen molar-refractivity contribution >= 4 is 0 Å². The third kappa shape index (κ3) is 4.73. The average Bonchev–Trinajstić information content (AvgIpc) is 2.61. The van der Waals surface area contributed by atoms with Gasteiger partial charge in [0.2, 0.25) is 0 Å². The van der Waals surface area contributed by atoms with Crippen molar-refractivity contribution in [3.63, 3.8) is 0 Å². The maximum absolute atomic E-state index is 9.38. The SMILES string of the molecule is Oc1ccc([C@H]2CC[C@@H](NCCOc3ccccc3)CC2)cc1. The summed E-state index contributed by atoms with van der Waals surface area (Å²) in [5.41, 5.74) is 1.36. The molecule has 0 aromatic heterocycles. The molecule has 0 bridgehead atoms. The number of nitrogens with one attached hydrogen (secondary N) is 1. The van der Waals surface area contributed by atoms with Gasteiger partial charge in [0.15, 0.2) is 0 Å². The molecule has 2 aromatic rings. The van der Waals surface area contributed by atoms with E-state index in [0.717, 1.165) is 12.3 Å². The number of ether oxygens (including phenoxy) is 1. The monoisotopic (exact) mass is 311 g/mol. The van der Waals surface area contributed by atoms with Gasteiger partial charge < -0.3 is 15.2 Å². The molecule has 1 fully saturated rings. The van der Waals surface area contributed by atoms with Gasteiger partial charge in [-0.3, -0.25) is 0 Å². The summed E-state index contributed by atoms with van der Waals surface area (Å²) in [6.45, 7) is 1.60. The summed E-state index contributed by atoms with van der Waals surface area (Å²) >= 11 is 0. The van der Waals surface area contributed by atoms with Gasteiger partial charge in [0.1, 0.15) is 18.1 Å². The van der Waals surface area contributed by atoms with Crippen molar-refractivity contribution in [2.24, 2.45) is 0 Å². The lowest BCUT2D eigenvalue weighted by Gasteiger charge is -2.29. The highest BCUT2D eigenvalue weighted by Crippen LogP contribution is 2.33. The molecular weight excluding hydrogens is 286 g/mol. The molecule has 3 rings (SSSR count). The van der Waals surface area contributed by atoms with Crippen LogP contribution in [0.15, 0.2) is 54.6 Å². The van der Waals surface area contributed by atoms with Crippen LogP contribution in [-0.2, 0) is 0 Å². The lowest BCUT2D eigenvalue weighted by atomic mass is 9.82. The summed E-state index contributed by atoms with van der Waals surface area (Å²) in [6.07, 6.45) is 4.83. The fraction of sp³-hybridized carbons (Fsp3) is 0.400. The largest absolute Gasteiger partial charge is 0.508 e. The molecular formula is C20H25NO2. The molecule has 3 nitrogen and oxygen atoms in total. The minimum Gasteiger partial charge on any atom is -0.508 e. The molecule has 0 spiro atoms. The van der Waals surface area contributed by atoms with Crippen molar-refractivity contribution in [2.75, 3.05) is 13.2 Å². The quantitative estimate of drug-likeness (QED) is 0.790. The first kappa shape index (κ1) is 15.9. The number of hydrogen-bond acceptors (Lipinski definition) is 3. The molecule has 1 saturated carbocycles. The number of rotatable bonds is 6. The highest BCUT2D eigenvalue weighted by atomic mass is 16.5. The predicted molar refractivity (Wildman–Crippen MR) is 93.0 cm³/mol. The Bertz CT molecular complexity index is 574. The Morgan fingerprint density at radius 1 is 0.913 bits per heavy atom. The number of para-hydroxylation sites is 1. The Labute approximate surface area is 138 Å². The Hall–Kier alpha value is -2.00. The van der Waals surface area contributed by atoms with Gasteiger partial charge in [-0.1, -0.05) is 30.3 Å². The van der Waals surface area contributed by atoms with E-state index in [0.29, 0.717) is 24.3 Å². The minimum absolute atomic E-state index is 0.350. The van der Waals surface area contributed by atoms with E-state index in [1.807, 2.05) is 30.3 Å². The predicted octanol–water partition coefficient (Wildman–Crippen LogP) is 4.09. The summed E-state index contributed by atoms with van der Waals surface area (Å²) in [7, 11) is 0. The van der Waals surface area contributed by atoms with Crippen LogP contribution in [0.2, 0.25) is 0 Å². The smallest absolute Gasteiger partial charge is 0.119 e. The molecule has 0 amide bonds. The second-order valence-electron chi connectivity index (χ2n) is 6.26. The molecule has 23 heavy (non-hydrogen) atoms. The lowest BCUT2D eigenvalue weighted by Crippen LogP contribution is -2.35. The molecule has 3 heteroatoms. The molecule has 0 atom stereocenters. The third-order valence-electron chi connectivity index (χ3n) is 4.64. The molecule has 0 unspecified atom stereocenters. The van der Waals surface area contributed by atoms with E-state index in [2.05, 4.69) is 17.4 Å².